The second kappa shape index (κ2) is 5.36. The first-order valence-electron chi connectivity index (χ1n) is 6.64. The fraction of sp³-hybridized carbons (Fsp3) is 0.188. The Hall–Kier alpha value is -2.69. The molecule has 2 aromatic heterocycles. The molecule has 0 atom stereocenters. The first kappa shape index (κ1) is 13.3. The molecular weight excluding hydrogens is 266 g/mol. The molecule has 0 unspecified atom stereocenters. The first-order valence-corrected chi connectivity index (χ1v) is 6.64. The molecule has 0 N–H and O–H groups in total. The summed E-state index contributed by atoms with van der Waals surface area (Å²) in [6.07, 6.45) is 1.53. The van der Waals surface area contributed by atoms with E-state index in [4.69, 9.17) is 4.74 Å². The van der Waals surface area contributed by atoms with Crippen LogP contribution in [0.3, 0.4) is 0 Å². The Kier molecular flexibility index (Phi) is 3.39. The van der Waals surface area contributed by atoms with Crippen LogP contribution in [0.15, 0.2) is 42.6 Å². The van der Waals surface area contributed by atoms with Gasteiger partial charge in [-0.2, -0.15) is 0 Å². The van der Waals surface area contributed by atoms with Crippen LogP contribution in [0.4, 0.5) is 0 Å². The number of carbonyl (C=O) groups excluding carboxylic acids is 1. The molecule has 0 aliphatic rings. The van der Waals surface area contributed by atoms with E-state index in [9.17, 15) is 4.79 Å². The summed E-state index contributed by atoms with van der Waals surface area (Å²) in [5, 5.41) is 1.09. The van der Waals surface area contributed by atoms with Crippen LogP contribution in [0.1, 0.15) is 22.0 Å². The van der Waals surface area contributed by atoms with Gasteiger partial charge >= 0.3 is 5.97 Å². The van der Waals surface area contributed by atoms with Gasteiger partial charge in [-0.1, -0.05) is 24.3 Å². The van der Waals surface area contributed by atoms with Gasteiger partial charge in [0.05, 0.1) is 31.1 Å². The molecule has 0 saturated carbocycles. The van der Waals surface area contributed by atoms with E-state index >= 15 is 0 Å². The topological polar surface area (TPSA) is 57.0 Å². The van der Waals surface area contributed by atoms with Gasteiger partial charge in [-0.3, -0.25) is 4.98 Å². The van der Waals surface area contributed by atoms with E-state index in [0.717, 1.165) is 22.4 Å². The molecule has 2 heterocycles. The number of rotatable bonds is 3. The monoisotopic (exact) mass is 281 g/mol. The van der Waals surface area contributed by atoms with Crippen molar-refractivity contribution in [2.24, 2.45) is 0 Å². The van der Waals surface area contributed by atoms with E-state index in [-0.39, 0.29) is 0 Å². The minimum absolute atomic E-state index is 0.392. The van der Waals surface area contributed by atoms with Crippen molar-refractivity contribution in [3.8, 4) is 0 Å². The molecule has 0 aliphatic carbocycles. The van der Waals surface area contributed by atoms with Gasteiger partial charge in [0, 0.05) is 5.39 Å². The highest BCUT2D eigenvalue weighted by Crippen LogP contribution is 2.14. The van der Waals surface area contributed by atoms with E-state index < -0.39 is 5.97 Å². The molecule has 0 aliphatic heterocycles. The normalized spacial score (nSPS) is 10.8. The molecule has 0 bridgehead atoms. The number of hydrogen-bond acceptors (Lipinski definition) is 4. The average molecular weight is 281 g/mol. The predicted octanol–water partition coefficient (Wildman–Crippen LogP) is 2.57. The van der Waals surface area contributed by atoms with Crippen LogP contribution in [0.5, 0.6) is 0 Å². The summed E-state index contributed by atoms with van der Waals surface area (Å²) in [6.45, 7) is 2.34. The van der Waals surface area contributed by atoms with Gasteiger partial charge in [-0.05, 0) is 19.1 Å². The summed E-state index contributed by atoms with van der Waals surface area (Å²) < 4.78 is 6.59. The lowest BCUT2D eigenvalue weighted by Crippen LogP contribution is -2.13. The van der Waals surface area contributed by atoms with Crippen LogP contribution in [0.25, 0.3) is 10.9 Å². The molecular formula is C16H15N3O2. The quantitative estimate of drug-likeness (QED) is 0.692. The highest BCUT2D eigenvalue weighted by atomic mass is 16.5. The lowest BCUT2D eigenvalue weighted by Gasteiger charge is -2.09. The zero-order valence-corrected chi connectivity index (χ0v) is 11.9. The fourth-order valence-electron chi connectivity index (χ4n) is 2.29. The molecule has 0 saturated heterocycles. The van der Waals surface area contributed by atoms with Gasteiger partial charge in [-0.15, -0.1) is 0 Å². The molecule has 0 spiro atoms. The summed E-state index contributed by atoms with van der Waals surface area (Å²) in [5.41, 5.74) is 2.25. The molecule has 0 amide bonds. The summed E-state index contributed by atoms with van der Waals surface area (Å²) in [7, 11) is 1.36. The molecule has 3 rings (SSSR count). The number of aryl methyl sites for hydroxylation is 1. The van der Waals surface area contributed by atoms with Gasteiger partial charge in [0.25, 0.3) is 0 Å². The van der Waals surface area contributed by atoms with Crippen molar-refractivity contribution < 1.29 is 9.53 Å². The van der Waals surface area contributed by atoms with E-state index in [0.29, 0.717) is 12.2 Å². The molecule has 5 heteroatoms. The number of esters is 1. The predicted molar refractivity (Wildman–Crippen MR) is 79.1 cm³/mol. The van der Waals surface area contributed by atoms with Gasteiger partial charge < -0.3 is 9.30 Å². The second-order valence-electron chi connectivity index (χ2n) is 4.76. The number of nitrogens with zero attached hydrogens (tertiary/aromatic N) is 3. The number of benzene rings is 1. The molecule has 3 aromatic rings. The third-order valence-corrected chi connectivity index (χ3v) is 3.43. The number of imidazole rings is 1. The van der Waals surface area contributed by atoms with Crippen molar-refractivity contribution in [2.45, 2.75) is 13.5 Å². The second-order valence-corrected chi connectivity index (χ2v) is 4.76. The number of pyridine rings is 1. The first-order chi connectivity index (χ1) is 10.2. The number of ether oxygens (including phenoxy) is 1. The summed E-state index contributed by atoms with van der Waals surface area (Å²) >= 11 is 0. The van der Waals surface area contributed by atoms with E-state index in [1.807, 2.05) is 47.9 Å². The van der Waals surface area contributed by atoms with Crippen molar-refractivity contribution in [1.82, 2.24) is 14.5 Å². The molecule has 106 valence electrons. The lowest BCUT2D eigenvalue weighted by molar-refractivity contribution is 0.0588. The number of aromatic nitrogens is 3. The van der Waals surface area contributed by atoms with Crippen molar-refractivity contribution in [3.63, 3.8) is 0 Å². The van der Waals surface area contributed by atoms with Crippen molar-refractivity contribution in [2.75, 3.05) is 7.11 Å². The van der Waals surface area contributed by atoms with Crippen LogP contribution in [0.2, 0.25) is 0 Å². The highest BCUT2D eigenvalue weighted by molar-refractivity contribution is 5.87. The van der Waals surface area contributed by atoms with Crippen molar-refractivity contribution in [3.05, 3.63) is 59.8 Å². The van der Waals surface area contributed by atoms with Crippen molar-refractivity contribution in [1.29, 1.82) is 0 Å². The zero-order chi connectivity index (χ0) is 14.8. The fourth-order valence-corrected chi connectivity index (χ4v) is 2.29. The number of fused-ring (bicyclic) bond motifs is 1. The minimum atomic E-state index is -0.392. The number of methoxy groups -OCH3 is 1. The third-order valence-electron chi connectivity index (χ3n) is 3.43. The molecule has 0 radical (unpaired) electrons. The summed E-state index contributed by atoms with van der Waals surface area (Å²) in [6, 6.07) is 11.9. The van der Waals surface area contributed by atoms with E-state index in [1.54, 1.807) is 0 Å². The Morgan fingerprint density at radius 3 is 2.86 bits per heavy atom. The Labute approximate surface area is 122 Å². The lowest BCUT2D eigenvalue weighted by atomic mass is 10.2. The van der Waals surface area contributed by atoms with E-state index in [2.05, 4.69) is 9.97 Å². The van der Waals surface area contributed by atoms with Crippen LogP contribution in [0, 0.1) is 6.92 Å². The third kappa shape index (κ3) is 2.50. The van der Waals surface area contributed by atoms with Gasteiger partial charge in [0.2, 0.25) is 0 Å². The zero-order valence-electron chi connectivity index (χ0n) is 11.9. The number of hydrogen-bond donors (Lipinski definition) is 0. The SMILES string of the molecule is COC(=O)c1cnc(C)n1Cc1ccc2ccccc2n1. The Bertz CT molecular complexity index is 808. The maximum absolute atomic E-state index is 11.7. The molecule has 5 nitrogen and oxygen atoms in total. The van der Waals surface area contributed by atoms with E-state index in [1.165, 1.54) is 13.3 Å². The largest absolute Gasteiger partial charge is 0.464 e. The molecule has 0 fully saturated rings. The van der Waals surface area contributed by atoms with Crippen LogP contribution >= 0.6 is 0 Å². The smallest absolute Gasteiger partial charge is 0.356 e. The number of carbonyl (C=O) groups is 1. The number of para-hydroxylation sites is 1. The Morgan fingerprint density at radius 1 is 1.24 bits per heavy atom. The molecule has 1 aromatic carbocycles. The Balaban J connectivity index is 1.98. The summed E-state index contributed by atoms with van der Waals surface area (Å²) in [4.78, 5) is 20.5. The molecule has 21 heavy (non-hydrogen) atoms. The standard InChI is InChI=1S/C16H15N3O2/c1-11-17-9-15(16(20)21-2)19(11)10-13-8-7-12-5-3-4-6-14(12)18-13/h3-9H,10H2,1-2H3. The maximum atomic E-state index is 11.7. The van der Waals surface area contributed by atoms with Gasteiger partial charge in [0.1, 0.15) is 11.5 Å². The highest BCUT2D eigenvalue weighted by Gasteiger charge is 2.15. The minimum Gasteiger partial charge on any atom is -0.464 e. The van der Waals surface area contributed by atoms with Crippen molar-refractivity contribution >= 4 is 16.9 Å². The van der Waals surface area contributed by atoms with Crippen LogP contribution in [-0.2, 0) is 11.3 Å². The Morgan fingerprint density at radius 2 is 2.05 bits per heavy atom. The maximum Gasteiger partial charge on any atom is 0.356 e. The van der Waals surface area contributed by atoms with Crippen LogP contribution in [-0.4, -0.2) is 27.6 Å². The summed E-state index contributed by atoms with van der Waals surface area (Å²) in [5.74, 6) is 0.363. The van der Waals surface area contributed by atoms with Gasteiger partial charge in [-0.25, -0.2) is 9.78 Å². The average Bonchev–Trinajstić information content (AvgIpc) is 2.87. The van der Waals surface area contributed by atoms with Gasteiger partial charge in [0.15, 0.2) is 0 Å². The van der Waals surface area contributed by atoms with Crippen LogP contribution < -0.4 is 0 Å².